The molecule has 1 aliphatic rings. The SMILES string of the molecule is CN(CCNCC(C(=O)O)C(F)(F)F)C1CCCC1. The first kappa shape index (κ1) is 16.2. The van der Waals surface area contributed by atoms with Gasteiger partial charge in [-0.15, -0.1) is 0 Å². The van der Waals surface area contributed by atoms with Crippen LogP contribution in [0.5, 0.6) is 0 Å². The maximum atomic E-state index is 12.4. The van der Waals surface area contributed by atoms with Gasteiger partial charge < -0.3 is 15.3 Å². The van der Waals surface area contributed by atoms with Crippen molar-refractivity contribution in [2.24, 2.45) is 5.92 Å². The molecular formula is C12H21F3N2O2. The van der Waals surface area contributed by atoms with E-state index < -0.39 is 24.6 Å². The van der Waals surface area contributed by atoms with Crippen LogP contribution in [0.3, 0.4) is 0 Å². The number of alkyl halides is 3. The molecule has 1 saturated carbocycles. The van der Waals surface area contributed by atoms with Gasteiger partial charge in [-0.05, 0) is 19.9 Å². The normalized spacial score (nSPS) is 19.0. The van der Waals surface area contributed by atoms with Crippen LogP contribution < -0.4 is 5.32 Å². The highest BCUT2D eigenvalue weighted by Gasteiger charge is 2.44. The minimum atomic E-state index is -4.70. The Hall–Kier alpha value is -0.820. The van der Waals surface area contributed by atoms with Crippen molar-refractivity contribution in [3.05, 3.63) is 0 Å². The minimum absolute atomic E-state index is 0.368. The first-order valence-electron chi connectivity index (χ1n) is 6.53. The van der Waals surface area contributed by atoms with Gasteiger partial charge in [0.2, 0.25) is 0 Å². The van der Waals surface area contributed by atoms with Crippen LogP contribution in [0.2, 0.25) is 0 Å². The van der Waals surface area contributed by atoms with Crippen molar-refractivity contribution in [3.63, 3.8) is 0 Å². The van der Waals surface area contributed by atoms with Crippen LogP contribution in [0.4, 0.5) is 13.2 Å². The van der Waals surface area contributed by atoms with Crippen LogP contribution >= 0.6 is 0 Å². The van der Waals surface area contributed by atoms with Gasteiger partial charge in [-0.25, -0.2) is 0 Å². The van der Waals surface area contributed by atoms with Gasteiger partial charge in [-0.1, -0.05) is 12.8 Å². The molecule has 1 atom stereocenters. The summed E-state index contributed by atoms with van der Waals surface area (Å²) in [6.45, 7) is 0.430. The molecule has 0 amide bonds. The standard InChI is InChI=1S/C12H21F3N2O2/c1-17(9-4-2-3-5-9)7-6-16-8-10(11(18)19)12(13,14)15/h9-10,16H,2-8H2,1H3,(H,18,19). The zero-order valence-corrected chi connectivity index (χ0v) is 11.0. The molecule has 112 valence electrons. The van der Waals surface area contributed by atoms with Crippen LogP contribution in [-0.2, 0) is 4.79 Å². The molecule has 0 radical (unpaired) electrons. The Balaban J connectivity index is 2.23. The lowest BCUT2D eigenvalue weighted by atomic mass is 10.1. The smallest absolute Gasteiger partial charge is 0.403 e. The van der Waals surface area contributed by atoms with Crippen molar-refractivity contribution in [2.75, 3.05) is 26.7 Å². The first-order valence-corrected chi connectivity index (χ1v) is 6.53. The van der Waals surface area contributed by atoms with E-state index in [1.807, 2.05) is 7.05 Å². The van der Waals surface area contributed by atoms with Gasteiger partial charge in [0.1, 0.15) is 0 Å². The predicted octanol–water partition coefficient (Wildman–Crippen LogP) is 1.71. The Kier molecular flexibility index (Phi) is 6.06. The number of rotatable bonds is 7. The average molecular weight is 282 g/mol. The molecule has 1 fully saturated rings. The van der Waals surface area contributed by atoms with Crippen LogP contribution in [0, 0.1) is 5.92 Å². The Morgan fingerprint density at radius 1 is 1.42 bits per heavy atom. The van der Waals surface area contributed by atoms with Crippen molar-refractivity contribution >= 4 is 5.97 Å². The second kappa shape index (κ2) is 7.09. The van der Waals surface area contributed by atoms with E-state index in [1.165, 1.54) is 12.8 Å². The summed E-state index contributed by atoms with van der Waals surface area (Å²) >= 11 is 0. The molecule has 19 heavy (non-hydrogen) atoms. The van der Waals surface area contributed by atoms with E-state index in [4.69, 9.17) is 5.11 Å². The molecule has 0 heterocycles. The summed E-state index contributed by atoms with van der Waals surface area (Å²) in [5.74, 6) is -4.16. The summed E-state index contributed by atoms with van der Waals surface area (Å²) in [6, 6.07) is 0.514. The fourth-order valence-corrected chi connectivity index (χ4v) is 2.37. The highest BCUT2D eigenvalue weighted by atomic mass is 19.4. The van der Waals surface area contributed by atoms with Crippen molar-refractivity contribution < 1.29 is 23.1 Å². The quantitative estimate of drug-likeness (QED) is 0.698. The Labute approximate surface area is 111 Å². The number of nitrogens with one attached hydrogen (secondary N) is 1. The lowest BCUT2D eigenvalue weighted by Gasteiger charge is -2.24. The molecule has 0 saturated heterocycles. The van der Waals surface area contributed by atoms with E-state index in [-0.39, 0.29) is 0 Å². The number of carbonyl (C=O) groups is 1. The fourth-order valence-electron chi connectivity index (χ4n) is 2.37. The number of halogens is 3. The van der Waals surface area contributed by atoms with Gasteiger partial charge in [0, 0.05) is 25.7 Å². The Bertz CT molecular complexity index is 291. The van der Waals surface area contributed by atoms with Crippen molar-refractivity contribution in [3.8, 4) is 0 Å². The molecule has 7 heteroatoms. The van der Waals surface area contributed by atoms with Gasteiger partial charge in [-0.2, -0.15) is 13.2 Å². The molecule has 0 spiro atoms. The van der Waals surface area contributed by atoms with Gasteiger partial charge in [0.15, 0.2) is 5.92 Å². The molecule has 1 unspecified atom stereocenters. The fraction of sp³-hybridized carbons (Fsp3) is 0.917. The molecule has 0 aromatic carbocycles. The molecule has 0 aliphatic heterocycles. The van der Waals surface area contributed by atoms with Crippen molar-refractivity contribution in [1.29, 1.82) is 0 Å². The number of likely N-dealkylation sites (N-methyl/N-ethyl adjacent to an activating group) is 1. The number of hydrogen-bond acceptors (Lipinski definition) is 3. The second-order valence-electron chi connectivity index (χ2n) is 5.06. The summed E-state index contributed by atoms with van der Waals surface area (Å²) in [6.07, 6.45) is -0.0149. The summed E-state index contributed by atoms with van der Waals surface area (Å²) in [5, 5.41) is 11.1. The third kappa shape index (κ3) is 5.36. The minimum Gasteiger partial charge on any atom is -0.481 e. The molecule has 1 aliphatic carbocycles. The Morgan fingerprint density at radius 2 is 2.00 bits per heavy atom. The average Bonchev–Trinajstić information content (AvgIpc) is 2.79. The number of carboxylic acid groups (broad SMARTS) is 1. The lowest BCUT2D eigenvalue weighted by Crippen LogP contribution is -2.42. The largest absolute Gasteiger partial charge is 0.481 e. The van der Waals surface area contributed by atoms with Gasteiger partial charge in [-0.3, -0.25) is 4.79 Å². The highest BCUT2D eigenvalue weighted by Crippen LogP contribution is 2.26. The van der Waals surface area contributed by atoms with Gasteiger partial charge >= 0.3 is 12.1 Å². The first-order chi connectivity index (χ1) is 8.82. The summed E-state index contributed by atoms with van der Waals surface area (Å²) in [4.78, 5) is 12.6. The number of carboxylic acids is 1. The monoisotopic (exact) mass is 282 g/mol. The van der Waals surface area contributed by atoms with Crippen LogP contribution in [0.25, 0.3) is 0 Å². The summed E-state index contributed by atoms with van der Waals surface area (Å²) < 4.78 is 37.1. The van der Waals surface area contributed by atoms with E-state index in [0.29, 0.717) is 19.1 Å². The van der Waals surface area contributed by atoms with E-state index in [1.54, 1.807) is 0 Å². The predicted molar refractivity (Wildman–Crippen MR) is 64.9 cm³/mol. The maximum absolute atomic E-state index is 12.4. The molecule has 2 N–H and O–H groups in total. The van der Waals surface area contributed by atoms with Crippen LogP contribution in [-0.4, -0.2) is 54.9 Å². The molecular weight excluding hydrogens is 261 g/mol. The number of nitrogens with zero attached hydrogens (tertiary/aromatic N) is 1. The third-order valence-corrected chi connectivity index (χ3v) is 3.63. The third-order valence-electron chi connectivity index (χ3n) is 3.63. The van der Waals surface area contributed by atoms with E-state index in [2.05, 4.69) is 10.2 Å². The maximum Gasteiger partial charge on any atom is 0.403 e. The molecule has 0 bridgehead atoms. The van der Waals surface area contributed by atoms with E-state index in [9.17, 15) is 18.0 Å². The lowest BCUT2D eigenvalue weighted by molar-refractivity contribution is -0.192. The topological polar surface area (TPSA) is 52.6 Å². The summed E-state index contributed by atoms with van der Waals surface area (Å²) in [7, 11) is 1.95. The van der Waals surface area contributed by atoms with Crippen molar-refractivity contribution in [2.45, 2.75) is 37.9 Å². The highest BCUT2D eigenvalue weighted by molar-refractivity contribution is 5.71. The van der Waals surface area contributed by atoms with Crippen LogP contribution in [0.1, 0.15) is 25.7 Å². The van der Waals surface area contributed by atoms with Gasteiger partial charge in [0.25, 0.3) is 0 Å². The molecule has 0 aromatic rings. The molecule has 1 rings (SSSR count). The number of aliphatic carboxylic acids is 1. The summed E-state index contributed by atoms with van der Waals surface area (Å²) in [5.41, 5.74) is 0. The van der Waals surface area contributed by atoms with Gasteiger partial charge in [0.05, 0.1) is 0 Å². The van der Waals surface area contributed by atoms with Crippen LogP contribution in [0.15, 0.2) is 0 Å². The molecule has 4 nitrogen and oxygen atoms in total. The zero-order valence-electron chi connectivity index (χ0n) is 11.0. The Morgan fingerprint density at radius 3 is 2.47 bits per heavy atom. The zero-order chi connectivity index (χ0) is 14.5. The van der Waals surface area contributed by atoms with E-state index >= 15 is 0 Å². The second-order valence-corrected chi connectivity index (χ2v) is 5.06. The molecule has 0 aromatic heterocycles. The van der Waals surface area contributed by atoms with Crippen molar-refractivity contribution in [1.82, 2.24) is 10.2 Å². The number of hydrogen-bond donors (Lipinski definition) is 2. The van der Waals surface area contributed by atoms with E-state index in [0.717, 1.165) is 12.8 Å².